The van der Waals surface area contributed by atoms with Crippen molar-refractivity contribution in [3.8, 4) is 10.8 Å². The normalized spacial score (nSPS) is 12.6. The molecule has 28 heavy (non-hydrogen) atoms. The van der Waals surface area contributed by atoms with Gasteiger partial charge in [0, 0.05) is 6.04 Å². The summed E-state index contributed by atoms with van der Waals surface area (Å²) in [4.78, 5) is 17.2. The van der Waals surface area contributed by atoms with Crippen LogP contribution in [0.5, 0.6) is 0 Å². The SMILES string of the molecule is CCC(C)NS(=O)(=O)c1ccc(C(=O)OCc2noc(-c3cccs3)n2)cc1. The highest BCUT2D eigenvalue weighted by molar-refractivity contribution is 7.89. The van der Waals surface area contributed by atoms with Crippen molar-refractivity contribution in [3.63, 3.8) is 0 Å². The van der Waals surface area contributed by atoms with Gasteiger partial charge in [-0.3, -0.25) is 0 Å². The van der Waals surface area contributed by atoms with E-state index in [1.807, 2.05) is 24.4 Å². The maximum Gasteiger partial charge on any atom is 0.338 e. The van der Waals surface area contributed by atoms with Crippen LogP contribution in [0.1, 0.15) is 36.5 Å². The molecule has 3 rings (SSSR count). The zero-order valence-electron chi connectivity index (χ0n) is 15.3. The van der Waals surface area contributed by atoms with Crippen LogP contribution in [0.3, 0.4) is 0 Å². The van der Waals surface area contributed by atoms with Gasteiger partial charge in [0.25, 0.3) is 5.89 Å². The van der Waals surface area contributed by atoms with E-state index in [4.69, 9.17) is 9.26 Å². The largest absolute Gasteiger partial charge is 0.454 e. The fraction of sp³-hybridized carbons (Fsp3) is 0.278. The third-order valence-corrected chi connectivity index (χ3v) is 6.36. The molecule has 1 N–H and O–H groups in total. The van der Waals surface area contributed by atoms with Gasteiger partial charge in [-0.15, -0.1) is 11.3 Å². The van der Waals surface area contributed by atoms with E-state index in [-0.39, 0.29) is 28.9 Å². The van der Waals surface area contributed by atoms with E-state index in [0.717, 1.165) is 4.88 Å². The lowest BCUT2D eigenvalue weighted by molar-refractivity contribution is 0.0459. The summed E-state index contributed by atoms with van der Waals surface area (Å²) in [6, 6.07) is 9.08. The zero-order chi connectivity index (χ0) is 20.1. The molecule has 1 atom stereocenters. The summed E-state index contributed by atoms with van der Waals surface area (Å²) in [5.41, 5.74) is 0.226. The molecule has 3 aromatic rings. The number of rotatable bonds is 8. The van der Waals surface area contributed by atoms with Crippen molar-refractivity contribution in [1.29, 1.82) is 0 Å². The first kappa shape index (κ1) is 20.2. The average Bonchev–Trinajstić information content (AvgIpc) is 3.37. The van der Waals surface area contributed by atoms with Gasteiger partial charge in [-0.2, -0.15) is 4.98 Å². The van der Waals surface area contributed by atoms with Crippen molar-refractivity contribution < 1.29 is 22.5 Å². The zero-order valence-corrected chi connectivity index (χ0v) is 16.9. The summed E-state index contributed by atoms with van der Waals surface area (Å²) in [7, 11) is -3.62. The first-order chi connectivity index (χ1) is 13.4. The van der Waals surface area contributed by atoms with Gasteiger partial charge < -0.3 is 9.26 Å². The molecule has 2 aromatic heterocycles. The number of nitrogens with one attached hydrogen (secondary N) is 1. The molecule has 0 saturated carbocycles. The summed E-state index contributed by atoms with van der Waals surface area (Å²) in [5.74, 6) is -0.000533. The van der Waals surface area contributed by atoms with E-state index in [1.54, 1.807) is 6.92 Å². The molecule has 148 valence electrons. The minimum absolute atomic E-state index is 0.0862. The number of ether oxygens (including phenoxy) is 1. The van der Waals surface area contributed by atoms with Gasteiger partial charge in [0.2, 0.25) is 15.8 Å². The standard InChI is InChI=1S/C18H19N3O5S2/c1-3-12(2)21-28(23,24)14-8-6-13(7-9-14)18(22)25-11-16-19-17(26-20-16)15-5-4-10-27-15/h4-10,12,21H,3,11H2,1-2H3. The smallest absolute Gasteiger partial charge is 0.338 e. The second-order valence-electron chi connectivity index (χ2n) is 6.02. The van der Waals surface area contributed by atoms with E-state index in [1.165, 1.54) is 35.6 Å². The second kappa shape index (κ2) is 8.63. The Bertz CT molecular complexity index is 1030. The van der Waals surface area contributed by atoms with E-state index >= 15 is 0 Å². The van der Waals surface area contributed by atoms with Crippen molar-refractivity contribution in [3.05, 3.63) is 53.2 Å². The molecule has 10 heteroatoms. The highest BCUT2D eigenvalue weighted by Gasteiger charge is 2.18. The number of thiophene rings is 1. The van der Waals surface area contributed by atoms with E-state index in [0.29, 0.717) is 12.3 Å². The van der Waals surface area contributed by atoms with Gasteiger partial charge in [0.05, 0.1) is 15.3 Å². The van der Waals surface area contributed by atoms with Crippen LogP contribution in [0, 0.1) is 0 Å². The minimum atomic E-state index is -3.62. The lowest BCUT2D eigenvalue weighted by Gasteiger charge is -2.12. The Balaban J connectivity index is 1.61. The minimum Gasteiger partial charge on any atom is -0.454 e. The van der Waals surface area contributed by atoms with Gasteiger partial charge in [0.15, 0.2) is 6.61 Å². The molecular formula is C18H19N3O5S2. The highest BCUT2D eigenvalue weighted by Crippen LogP contribution is 2.22. The fourth-order valence-corrected chi connectivity index (χ4v) is 4.18. The van der Waals surface area contributed by atoms with Crippen LogP contribution in [0.15, 0.2) is 51.2 Å². The number of hydrogen-bond acceptors (Lipinski definition) is 8. The van der Waals surface area contributed by atoms with Gasteiger partial charge in [-0.1, -0.05) is 18.1 Å². The number of benzene rings is 1. The second-order valence-corrected chi connectivity index (χ2v) is 8.69. The molecule has 1 aromatic carbocycles. The average molecular weight is 422 g/mol. The summed E-state index contributed by atoms with van der Waals surface area (Å²) < 4.78 is 37.3. The molecule has 0 fully saturated rings. The Morgan fingerprint density at radius 1 is 1.29 bits per heavy atom. The Kier molecular flexibility index (Phi) is 6.22. The maximum atomic E-state index is 12.2. The highest BCUT2D eigenvalue weighted by atomic mass is 32.2. The number of hydrogen-bond donors (Lipinski definition) is 1. The van der Waals surface area contributed by atoms with Crippen LogP contribution in [0.4, 0.5) is 0 Å². The van der Waals surface area contributed by atoms with Crippen molar-refractivity contribution in [2.45, 2.75) is 37.8 Å². The monoisotopic (exact) mass is 421 g/mol. The van der Waals surface area contributed by atoms with Crippen LogP contribution >= 0.6 is 11.3 Å². The van der Waals surface area contributed by atoms with Crippen molar-refractivity contribution >= 4 is 27.3 Å². The molecule has 0 aliphatic carbocycles. The topological polar surface area (TPSA) is 111 Å². The Hall–Kier alpha value is -2.56. The fourth-order valence-electron chi connectivity index (χ4n) is 2.21. The number of carbonyl (C=O) groups is 1. The van der Waals surface area contributed by atoms with Gasteiger partial charge in [-0.25, -0.2) is 17.9 Å². The third kappa shape index (κ3) is 4.83. The Morgan fingerprint density at radius 2 is 2.04 bits per heavy atom. The van der Waals surface area contributed by atoms with Crippen LogP contribution in [-0.4, -0.2) is 30.6 Å². The number of nitrogens with zero attached hydrogens (tertiary/aromatic N) is 2. The maximum absolute atomic E-state index is 12.2. The summed E-state index contributed by atoms with van der Waals surface area (Å²) >= 11 is 1.46. The lowest BCUT2D eigenvalue weighted by atomic mass is 10.2. The Labute approximate surface area is 166 Å². The molecule has 0 bridgehead atoms. The molecule has 0 aliphatic rings. The van der Waals surface area contributed by atoms with E-state index in [9.17, 15) is 13.2 Å². The van der Waals surface area contributed by atoms with Gasteiger partial charge >= 0.3 is 5.97 Å². The molecule has 0 amide bonds. The van der Waals surface area contributed by atoms with E-state index < -0.39 is 16.0 Å². The molecule has 0 aliphatic heterocycles. The number of carbonyl (C=O) groups excluding carboxylic acids is 1. The quantitative estimate of drug-likeness (QED) is 0.556. The first-order valence-corrected chi connectivity index (χ1v) is 10.9. The van der Waals surface area contributed by atoms with Crippen LogP contribution in [-0.2, 0) is 21.4 Å². The van der Waals surface area contributed by atoms with Crippen molar-refractivity contribution in [2.24, 2.45) is 0 Å². The lowest BCUT2D eigenvalue weighted by Crippen LogP contribution is -2.32. The molecule has 0 saturated heterocycles. The first-order valence-electron chi connectivity index (χ1n) is 8.55. The summed E-state index contributed by atoms with van der Waals surface area (Å²) in [6.45, 7) is 3.52. The van der Waals surface area contributed by atoms with Crippen molar-refractivity contribution in [2.75, 3.05) is 0 Å². The molecule has 8 nitrogen and oxygen atoms in total. The Morgan fingerprint density at radius 3 is 2.68 bits per heavy atom. The summed E-state index contributed by atoms with van der Waals surface area (Å²) in [5, 5.41) is 5.67. The van der Waals surface area contributed by atoms with Crippen molar-refractivity contribution in [1.82, 2.24) is 14.9 Å². The molecule has 0 spiro atoms. The molecule has 1 unspecified atom stereocenters. The third-order valence-electron chi connectivity index (χ3n) is 3.90. The number of aromatic nitrogens is 2. The molecular weight excluding hydrogens is 402 g/mol. The number of sulfonamides is 1. The van der Waals surface area contributed by atoms with Crippen LogP contribution in [0.25, 0.3) is 10.8 Å². The van der Waals surface area contributed by atoms with Crippen LogP contribution < -0.4 is 4.72 Å². The van der Waals surface area contributed by atoms with Crippen LogP contribution in [0.2, 0.25) is 0 Å². The predicted octanol–water partition coefficient (Wildman–Crippen LogP) is 3.23. The van der Waals surface area contributed by atoms with Gasteiger partial charge in [-0.05, 0) is 49.1 Å². The summed E-state index contributed by atoms with van der Waals surface area (Å²) in [6.07, 6.45) is 0.675. The predicted molar refractivity (Wildman–Crippen MR) is 103 cm³/mol. The number of esters is 1. The molecule has 2 heterocycles. The van der Waals surface area contributed by atoms with E-state index in [2.05, 4.69) is 14.9 Å². The van der Waals surface area contributed by atoms with Gasteiger partial charge in [0.1, 0.15) is 0 Å². The molecule has 0 radical (unpaired) electrons.